The highest BCUT2D eigenvalue weighted by Gasteiger charge is 2.17. The number of hydrogen-bond donors (Lipinski definition) is 1. The standard InChI is InChI=1S/C15H20ClFO/c16-15-10-13(17)7-6-12(15)9-14(18)8-5-11-3-1-2-4-11/h6-7,10-11,14,18H,1-5,8-9H2. The van der Waals surface area contributed by atoms with Gasteiger partial charge in [-0.15, -0.1) is 0 Å². The van der Waals surface area contributed by atoms with E-state index in [9.17, 15) is 9.50 Å². The first-order chi connectivity index (χ1) is 8.65. The molecule has 1 saturated carbocycles. The first-order valence-corrected chi connectivity index (χ1v) is 7.15. The molecule has 0 amide bonds. The number of halogens is 2. The van der Waals surface area contributed by atoms with Crippen molar-refractivity contribution in [2.75, 3.05) is 0 Å². The topological polar surface area (TPSA) is 20.2 Å². The minimum atomic E-state index is -0.367. The lowest BCUT2D eigenvalue weighted by Gasteiger charge is -2.14. The highest BCUT2D eigenvalue weighted by molar-refractivity contribution is 6.31. The van der Waals surface area contributed by atoms with Gasteiger partial charge in [-0.2, -0.15) is 0 Å². The van der Waals surface area contributed by atoms with Gasteiger partial charge < -0.3 is 5.11 Å². The van der Waals surface area contributed by atoms with Crippen LogP contribution in [0, 0.1) is 11.7 Å². The monoisotopic (exact) mass is 270 g/mol. The van der Waals surface area contributed by atoms with Crippen molar-refractivity contribution in [3.05, 3.63) is 34.6 Å². The van der Waals surface area contributed by atoms with Gasteiger partial charge in [-0.05, 0) is 42.9 Å². The molecule has 0 saturated heterocycles. The Morgan fingerprint density at radius 3 is 2.72 bits per heavy atom. The fourth-order valence-corrected chi connectivity index (χ4v) is 3.01. The molecular formula is C15H20ClFO. The molecule has 3 heteroatoms. The summed E-state index contributed by atoms with van der Waals surface area (Å²) in [6, 6.07) is 4.36. The van der Waals surface area contributed by atoms with Gasteiger partial charge in [0.05, 0.1) is 6.10 Å². The van der Waals surface area contributed by atoms with Crippen molar-refractivity contribution in [1.29, 1.82) is 0 Å². The third-order valence-electron chi connectivity index (χ3n) is 3.85. The van der Waals surface area contributed by atoms with E-state index in [-0.39, 0.29) is 11.9 Å². The average molecular weight is 271 g/mol. The van der Waals surface area contributed by atoms with E-state index in [0.29, 0.717) is 11.4 Å². The normalized spacial score (nSPS) is 18.2. The summed E-state index contributed by atoms with van der Waals surface area (Å²) in [6.07, 6.45) is 7.36. The van der Waals surface area contributed by atoms with Crippen LogP contribution in [0.5, 0.6) is 0 Å². The van der Waals surface area contributed by atoms with Gasteiger partial charge in [0.2, 0.25) is 0 Å². The van der Waals surface area contributed by atoms with E-state index in [1.54, 1.807) is 6.07 Å². The molecule has 2 rings (SSSR count). The molecule has 1 aromatic rings. The number of hydrogen-bond acceptors (Lipinski definition) is 1. The van der Waals surface area contributed by atoms with Gasteiger partial charge in [0.25, 0.3) is 0 Å². The minimum absolute atomic E-state index is 0.329. The van der Waals surface area contributed by atoms with E-state index < -0.39 is 0 Å². The van der Waals surface area contributed by atoms with Crippen molar-refractivity contribution >= 4 is 11.6 Å². The molecule has 1 aliphatic carbocycles. The molecule has 1 N–H and O–H groups in total. The maximum atomic E-state index is 12.9. The first kappa shape index (κ1) is 13.8. The van der Waals surface area contributed by atoms with Crippen molar-refractivity contribution in [1.82, 2.24) is 0 Å². The van der Waals surface area contributed by atoms with Crippen molar-refractivity contribution in [2.24, 2.45) is 5.92 Å². The molecule has 18 heavy (non-hydrogen) atoms. The van der Waals surface area contributed by atoms with E-state index in [1.807, 2.05) is 0 Å². The van der Waals surface area contributed by atoms with E-state index in [4.69, 9.17) is 11.6 Å². The summed E-state index contributed by atoms with van der Waals surface area (Å²) in [4.78, 5) is 0. The molecule has 1 aromatic carbocycles. The van der Waals surface area contributed by atoms with E-state index in [2.05, 4.69) is 0 Å². The number of benzene rings is 1. The Morgan fingerprint density at radius 1 is 1.33 bits per heavy atom. The summed E-state index contributed by atoms with van der Waals surface area (Å²) in [5.74, 6) is 0.465. The summed E-state index contributed by atoms with van der Waals surface area (Å²) in [5, 5.41) is 10.4. The van der Waals surface area contributed by atoms with Gasteiger partial charge >= 0.3 is 0 Å². The Morgan fingerprint density at radius 2 is 2.06 bits per heavy atom. The zero-order valence-electron chi connectivity index (χ0n) is 10.5. The lowest BCUT2D eigenvalue weighted by Crippen LogP contribution is -2.12. The maximum absolute atomic E-state index is 12.9. The first-order valence-electron chi connectivity index (χ1n) is 6.77. The molecule has 0 aromatic heterocycles. The van der Waals surface area contributed by atoms with Crippen LogP contribution in [-0.2, 0) is 6.42 Å². The van der Waals surface area contributed by atoms with Gasteiger partial charge in [0.15, 0.2) is 0 Å². The third kappa shape index (κ3) is 3.96. The second kappa shape index (κ2) is 6.53. The van der Waals surface area contributed by atoms with Crippen LogP contribution in [0.15, 0.2) is 18.2 Å². The molecule has 1 nitrogen and oxygen atoms in total. The lowest BCUT2D eigenvalue weighted by atomic mass is 9.96. The van der Waals surface area contributed by atoms with Crippen LogP contribution in [0.4, 0.5) is 4.39 Å². The Balaban J connectivity index is 1.80. The van der Waals surface area contributed by atoms with Gasteiger partial charge in [-0.25, -0.2) is 4.39 Å². The van der Waals surface area contributed by atoms with E-state index >= 15 is 0 Å². The predicted molar refractivity (Wildman–Crippen MR) is 72.3 cm³/mol. The maximum Gasteiger partial charge on any atom is 0.124 e. The average Bonchev–Trinajstić information content (AvgIpc) is 2.83. The van der Waals surface area contributed by atoms with Crippen LogP contribution in [-0.4, -0.2) is 11.2 Å². The summed E-state index contributed by atoms with van der Waals surface area (Å²) in [5.41, 5.74) is 0.831. The molecule has 1 fully saturated rings. The predicted octanol–water partition coefficient (Wildman–Crippen LogP) is 4.35. The molecule has 1 atom stereocenters. The molecule has 0 radical (unpaired) electrons. The Kier molecular flexibility index (Phi) is 5.02. The molecule has 0 heterocycles. The van der Waals surface area contributed by atoms with Crippen LogP contribution >= 0.6 is 11.6 Å². The fourth-order valence-electron chi connectivity index (χ4n) is 2.77. The zero-order chi connectivity index (χ0) is 13.0. The quantitative estimate of drug-likeness (QED) is 0.843. The molecule has 0 aliphatic heterocycles. The van der Waals surface area contributed by atoms with E-state index in [0.717, 1.165) is 24.3 Å². The highest BCUT2D eigenvalue weighted by Crippen LogP contribution is 2.29. The second-order valence-corrected chi connectivity index (χ2v) is 5.73. The lowest BCUT2D eigenvalue weighted by molar-refractivity contribution is 0.155. The SMILES string of the molecule is OC(CCC1CCCC1)Cc1ccc(F)cc1Cl. The zero-order valence-corrected chi connectivity index (χ0v) is 11.3. The smallest absolute Gasteiger partial charge is 0.124 e. The molecule has 100 valence electrons. The van der Waals surface area contributed by atoms with Crippen molar-refractivity contribution in [2.45, 2.75) is 51.0 Å². The largest absolute Gasteiger partial charge is 0.393 e. The fraction of sp³-hybridized carbons (Fsp3) is 0.600. The van der Waals surface area contributed by atoms with Crippen LogP contribution in [0.1, 0.15) is 44.1 Å². The molecule has 0 spiro atoms. The summed E-state index contributed by atoms with van der Waals surface area (Å²) in [7, 11) is 0. The highest BCUT2D eigenvalue weighted by atomic mass is 35.5. The van der Waals surface area contributed by atoms with Crippen LogP contribution in [0.25, 0.3) is 0 Å². The van der Waals surface area contributed by atoms with Gasteiger partial charge in [-0.1, -0.05) is 43.4 Å². The molecule has 1 aliphatic rings. The summed E-state index contributed by atoms with van der Waals surface area (Å²) >= 11 is 5.95. The minimum Gasteiger partial charge on any atom is -0.393 e. The van der Waals surface area contributed by atoms with Crippen LogP contribution in [0.3, 0.4) is 0 Å². The molecular weight excluding hydrogens is 251 g/mol. The van der Waals surface area contributed by atoms with Crippen molar-refractivity contribution in [3.63, 3.8) is 0 Å². The van der Waals surface area contributed by atoms with Crippen molar-refractivity contribution < 1.29 is 9.50 Å². The summed E-state index contributed by atoms with van der Waals surface area (Å²) in [6.45, 7) is 0. The third-order valence-corrected chi connectivity index (χ3v) is 4.21. The van der Waals surface area contributed by atoms with E-state index in [1.165, 1.54) is 37.8 Å². The van der Waals surface area contributed by atoms with Gasteiger partial charge in [0.1, 0.15) is 5.82 Å². The number of rotatable bonds is 5. The Hall–Kier alpha value is -0.600. The van der Waals surface area contributed by atoms with Crippen molar-refractivity contribution in [3.8, 4) is 0 Å². The summed E-state index contributed by atoms with van der Waals surface area (Å²) < 4.78 is 12.9. The van der Waals surface area contributed by atoms with Crippen LogP contribution < -0.4 is 0 Å². The molecule has 1 unspecified atom stereocenters. The Labute approximate surface area is 113 Å². The van der Waals surface area contributed by atoms with Gasteiger partial charge in [-0.3, -0.25) is 0 Å². The number of aliphatic hydroxyl groups is 1. The number of aliphatic hydroxyl groups excluding tert-OH is 1. The van der Waals surface area contributed by atoms with Gasteiger partial charge in [0, 0.05) is 5.02 Å². The van der Waals surface area contributed by atoms with Crippen LogP contribution in [0.2, 0.25) is 5.02 Å². The Bertz CT molecular complexity index is 388. The molecule has 0 bridgehead atoms. The second-order valence-electron chi connectivity index (χ2n) is 5.32.